The number of rotatable bonds is 7. The summed E-state index contributed by atoms with van der Waals surface area (Å²) in [4.78, 5) is 31.0. The second kappa shape index (κ2) is 11.8. The minimum atomic E-state index is -6.21. The Bertz CT molecular complexity index is 1580. The molecule has 1 amide bonds. The molecule has 240 valence electrons. The number of nitrogens with zero attached hydrogens (tertiary/aromatic N) is 4. The maximum Gasteiger partial charge on any atom is 0.430 e. The summed E-state index contributed by atoms with van der Waals surface area (Å²) in [5, 5.41) is 24.9. The maximum atomic E-state index is 13.7. The lowest BCUT2D eigenvalue weighted by Crippen LogP contribution is -2.54. The van der Waals surface area contributed by atoms with Crippen LogP contribution in [0.15, 0.2) is 16.5 Å². The Morgan fingerprint density at radius 3 is 2.27 bits per heavy atom. The van der Waals surface area contributed by atoms with Crippen molar-refractivity contribution in [2.24, 2.45) is 5.41 Å². The van der Waals surface area contributed by atoms with Crippen molar-refractivity contribution in [2.45, 2.75) is 70.4 Å². The molecule has 1 fully saturated rings. The molecule has 2 N–H and O–H groups in total. The number of carboxylic acid groups (broad SMARTS) is 1. The molecule has 1 aromatic carbocycles. The van der Waals surface area contributed by atoms with Gasteiger partial charge in [-0.2, -0.15) is 26.3 Å². The summed E-state index contributed by atoms with van der Waals surface area (Å²) >= 11 is 13.0. The summed E-state index contributed by atoms with van der Waals surface area (Å²) in [5.41, 5.74) is -8.86. The van der Waals surface area contributed by atoms with E-state index in [0.29, 0.717) is 25.5 Å². The van der Waals surface area contributed by atoms with Crippen LogP contribution in [-0.4, -0.2) is 67.1 Å². The third-order valence-electron chi connectivity index (χ3n) is 7.25. The normalized spacial score (nSPS) is 16.8. The largest absolute Gasteiger partial charge is 0.481 e. The van der Waals surface area contributed by atoms with Crippen molar-refractivity contribution >= 4 is 46.4 Å². The van der Waals surface area contributed by atoms with E-state index in [9.17, 15) is 46.1 Å². The lowest BCUT2D eigenvalue weighted by atomic mass is 9.90. The van der Waals surface area contributed by atoms with Crippen LogP contribution in [0.5, 0.6) is 0 Å². The topological polar surface area (TPSA) is 130 Å². The molecule has 0 aliphatic carbocycles. The number of carbonyl (C=O) groups excluding carboxylic acids is 1. The number of piperidine rings is 1. The first kappa shape index (κ1) is 33.9. The summed E-state index contributed by atoms with van der Waals surface area (Å²) in [6, 6.07) is 0.895. The summed E-state index contributed by atoms with van der Waals surface area (Å²) in [6.07, 6.45) is -10.4. The highest BCUT2D eigenvalue weighted by molar-refractivity contribution is 7.18. The van der Waals surface area contributed by atoms with Crippen molar-refractivity contribution in [1.29, 1.82) is 0 Å². The van der Waals surface area contributed by atoms with Crippen molar-refractivity contribution in [3.8, 4) is 21.3 Å². The number of benzene rings is 1. The van der Waals surface area contributed by atoms with Crippen molar-refractivity contribution in [3.63, 3.8) is 0 Å². The molecular formula is C26H24Cl2F6N4O5S. The van der Waals surface area contributed by atoms with Crippen LogP contribution in [0.4, 0.5) is 26.3 Å². The van der Waals surface area contributed by atoms with Crippen LogP contribution in [0.3, 0.4) is 0 Å². The number of carboxylic acids is 1. The Morgan fingerprint density at radius 1 is 1.07 bits per heavy atom. The smallest absolute Gasteiger partial charge is 0.430 e. The number of halogens is 8. The average molecular weight is 689 g/mol. The molecule has 18 heteroatoms. The van der Waals surface area contributed by atoms with Gasteiger partial charge < -0.3 is 19.5 Å². The number of thiazole rings is 1. The van der Waals surface area contributed by atoms with Crippen molar-refractivity contribution in [1.82, 2.24) is 20.1 Å². The Balaban J connectivity index is 1.87. The lowest BCUT2D eigenvalue weighted by molar-refractivity contribution is -0.376. The number of aliphatic carboxylic acids is 1. The van der Waals surface area contributed by atoms with Crippen LogP contribution in [0.2, 0.25) is 10.0 Å². The molecule has 3 aromatic rings. The van der Waals surface area contributed by atoms with Gasteiger partial charge >= 0.3 is 18.3 Å². The monoisotopic (exact) mass is 688 g/mol. The van der Waals surface area contributed by atoms with E-state index in [0.717, 1.165) is 23.8 Å². The zero-order valence-corrected chi connectivity index (χ0v) is 25.4. The molecular weight excluding hydrogens is 665 g/mol. The number of alkyl halides is 6. The van der Waals surface area contributed by atoms with E-state index < -0.39 is 50.9 Å². The van der Waals surface area contributed by atoms with Gasteiger partial charge in [-0.15, -0.1) is 21.5 Å². The highest BCUT2D eigenvalue weighted by Gasteiger charge is 2.72. The zero-order chi connectivity index (χ0) is 33.0. The average Bonchev–Trinajstić information content (AvgIpc) is 3.55. The van der Waals surface area contributed by atoms with Gasteiger partial charge in [-0.25, -0.2) is 4.98 Å². The Kier molecular flexibility index (Phi) is 9.07. The van der Waals surface area contributed by atoms with Gasteiger partial charge in [-0.3, -0.25) is 9.59 Å². The standard InChI is InChI=1S/C26H24Cl2F6N4O5S/c1-11-6-4-5-9-38(11)21(39)17-18(44-20(35-17)19-37-36-14(43-19)10-23(2,3)22(40)41)12-7-8-13(16(28)15(12)27)24(42,25(29,30)31)26(32,33)34/h7-8,11,42H,4-6,9-10H2,1-3H3,(H,40,41)/t11-/m0/s1. The molecule has 4 rings (SSSR count). The van der Waals surface area contributed by atoms with Crippen molar-refractivity contribution in [3.05, 3.63) is 39.3 Å². The van der Waals surface area contributed by atoms with Crippen LogP contribution in [0.1, 0.15) is 62.0 Å². The number of aromatic nitrogens is 3. The van der Waals surface area contributed by atoms with Gasteiger partial charge in [0.15, 0.2) is 5.01 Å². The molecule has 1 aliphatic heterocycles. The molecule has 0 saturated carbocycles. The molecule has 3 heterocycles. The zero-order valence-electron chi connectivity index (χ0n) is 23.1. The fraction of sp³-hybridized carbons (Fsp3) is 0.500. The quantitative estimate of drug-likeness (QED) is 0.251. The molecule has 1 aliphatic rings. The second-order valence-electron chi connectivity index (χ2n) is 10.9. The fourth-order valence-corrected chi connectivity index (χ4v) is 6.24. The second-order valence-corrected chi connectivity index (χ2v) is 12.7. The molecule has 9 nitrogen and oxygen atoms in total. The highest BCUT2D eigenvalue weighted by atomic mass is 35.5. The van der Waals surface area contributed by atoms with Crippen LogP contribution in [0.25, 0.3) is 21.3 Å². The number of hydrogen-bond donors (Lipinski definition) is 2. The van der Waals surface area contributed by atoms with Gasteiger partial charge in [0.1, 0.15) is 5.69 Å². The van der Waals surface area contributed by atoms with E-state index in [1.54, 1.807) is 0 Å². The predicted octanol–water partition coefficient (Wildman–Crippen LogP) is 7.15. The SMILES string of the molecule is C[C@H]1CCCCN1C(=O)c1nc(-c2nnc(CC(C)(C)C(=O)O)o2)sc1-c1ccc(C(O)(C(F)(F)F)C(F)(F)F)c(Cl)c1Cl. The number of hydrogen-bond acceptors (Lipinski definition) is 8. The third kappa shape index (κ3) is 6.00. The van der Waals surface area contributed by atoms with E-state index in [2.05, 4.69) is 15.2 Å². The van der Waals surface area contributed by atoms with Crippen LogP contribution < -0.4 is 0 Å². The first-order chi connectivity index (χ1) is 20.2. The number of carbonyl (C=O) groups is 2. The minimum Gasteiger partial charge on any atom is -0.481 e. The van der Waals surface area contributed by atoms with Crippen LogP contribution in [-0.2, 0) is 16.8 Å². The van der Waals surface area contributed by atoms with E-state index >= 15 is 0 Å². The number of amides is 1. The molecule has 0 radical (unpaired) electrons. The van der Waals surface area contributed by atoms with Gasteiger partial charge in [0.05, 0.1) is 20.3 Å². The third-order valence-corrected chi connectivity index (χ3v) is 9.21. The summed E-state index contributed by atoms with van der Waals surface area (Å²) < 4.78 is 87.1. The van der Waals surface area contributed by atoms with Crippen LogP contribution >= 0.6 is 34.5 Å². The first-order valence-electron chi connectivity index (χ1n) is 12.9. The predicted molar refractivity (Wildman–Crippen MR) is 146 cm³/mol. The van der Waals surface area contributed by atoms with Gasteiger partial charge in [0.25, 0.3) is 17.4 Å². The van der Waals surface area contributed by atoms with Crippen LogP contribution in [0, 0.1) is 5.41 Å². The molecule has 1 atom stereocenters. The Labute approximate surface area is 259 Å². The molecule has 0 bridgehead atoms. The molecule has 1 saturated heterocycles. The van der Waals surface area contributed by atoms with E-state index in [1.165, 1.54) is 18.7 Å². The van der Waals surface area contributed by atoms with E-state index in [-0.39, 0.29) is 45.4 Å². The maximum absolute atomic E-state index is 13.7. The van der Waals surface area contributed by atoms with Gasteiger partial charge in [0, 0.05) is 30.1 Å². The first-order valence-corrected chi connectivity index (χ1v) is 14.5. The van der Waals surface area contributed by atoms with Crippen molar-refractivity contribution < 1.29 is 50.6 Å². The molecule has 0 unspecified atom stereocenters. The van der Waals surface area contributed by atoms with E-state index in [1.807, 2.05) is 6.92 Å². The van der Waals surface area contributed by atoms with Gasteiger partial charge in [-0.1, -0.05) is 35.3 Å². The Hall–Kier alpha value is -2.95. The molecule has 2 aromatic heterocycles. The van der Waals surface area contributed by atoms with Gasteiger partial charge in [-0.05, 0) is 40.0 Å². The fourth-order valence-electron chi connectivity index (χ4n) is 4.61. The molecule has 44 heavy (non-hydrogen) atoms. The summed E-state index contributed by atoms with van der Waals surface area (Å²) in [6.45, 7) is 5.04. The van der Waals surface area contributed by atoms with Gasteiger partial charge in [0.2, 0.25) is 5.89 Å². The molecule has 0 spiro atoms. The lowest BCUT2D eigenvalue weighted by Gasteiger charge is -2.34. The van der Waals surface area contributed by atoms with Crippen molar-refractivity contribution in [2.75, 3.05) is 6.54 Å². The van der Waals surface area contributed by atoms with E-state index in [4.69, 9.17) is 27.6 Å². The summed E-state index contributed by atoms with van der Waals surface area (Å²) in [5.74, 6) is -2.01. The Morgan fingerprint density at radius 2 is 1.70 bits per heavy atom. The minimum absolute atomic E-state index is 0.0572. The number of likely N-dealkylation sites (tertiary alicyclic amines) is 1. The summed E-state index contributed by atoms with van der Waals surface area (Å²) in [7, 11) is 0. The highest BCUT2D eigenvalue weighted by Crippen LogP contribution is 2.54. The number of aliphatic hydroxyl groups is 1.